The number of hydrogen-bond acceptors (Lipinski definition) is 3. The highest BCUT2D eigenvalue weighted by Gasteiger charge is 2.22. The minimum atomic E-state index is -3.11. The Morgan fingerprint density at radius 2 is 1.67 bits per heavy atom. The first-order valence-electron chi connectivity index (χ1n) is 6.26. The van der Waals surface area contributed by atoms with Crippen LogP contribution < -0.4 is 5.73 Å². The molecule has 2 N–H and O–H groups in total. The Hall–Kier alpha value is -0.870. The third kappa shape index (κ3) is 3.56. The van der Waals surface area contributed by atoms with Crippen molar-refractivity contribution in [2.75, 3.05) is 6.54 Å². The smallest absolute Gasteiger partial charge is 0.157 e. The highest BCUT2D eigenvalue weighted by Crippen LogP contribution is 2.21. The Bertz CT molecular complexity index is 498. The quantitative estimate of drug-likeness (QED) is 0.892. The van der Waals surface area contributed by atoms with Gasteiger partial charge in [-0.1, -0.05) is 17.7 Å². The minimum Gasteiger partial charge on any atom is -0.330 e. The van der Waals surface area contributed by atoms with Crippen LogP contribution in [0.25, 0.3) is 0 Å². The van der Waals surface area contributed by atoms with E-state index in [0.717, 1.165) is 16.7 Å². The molecule has 0 radical (unpaired) electrons. The van der Waals surface area contributed by atoms with Gasteiger partial charge in [0.2, 0.25) is 0 Å². The van der Waals surface area contributed by atoms with Gasteiger partial charge in [0.1, 0.15) is 0 Å². The standard InChI is InChI=1S/C14H23NO2S/c1-10-7-11(2)14(12(3)8-10)9-18(16,17)13(4)5-6-15/h7-8,13H,5-6,9,15H2,1-4H3. The number of aryl methyl sites for hydroxylation is 3. The lowest BCUT2D eigenvalue weighted by molar-refractivity contribution is 0.577. The van der Waals surface area contributed by atoms with Crippen LogP contribution >= 0.6 is 0 Å². The maximum atomic E-state index is 12.2. The molecule has 1 aromatic rings. The summed E-state index contributed by atoms with van der Waals surface area (Å²) in [5, 5.41) is -0.373. The first-order chi connectivity index (χ1) is 8.27. The molecule has 0 aliphatic heterocycles. The highest BCUT2D eigenvalue weighted by atomic mass is 32.2. The monoisotopic (exact) mass is 269 g/mol. The minimum absolute atomic E-state index is 0.117. The van der Waals surface area contributed by atoms with E-state index in [1.807, 2.05) is 32.9 Å². The molecule has 4 heteroatoms. The molecule has 0 saturated heterocycles. The third-order valence-corrected chi connectivity index (χ3v) is 5.52. The molecule has 18 heavy (non-hydrogen) atoms. The van der Waals surface area contributed by atoms with Crippen LogP contribution in [0.4, 0.5) is 0 Å². The first-order valence-corrected chi connectivity index (χ1v) is 7.98. The van der Waals surface area contributed by atoms with E-state index >= 15 is 0 Å². The Morgan fingerprint density at radius 3 is 2.11 bits per heavy atom. The van der Waals surface area contributed by atoms with Gasteiger partial charge in [-0.3, -0.25) is 0 Å². The highest BCUT2D eigenvalue weighted by molar-refractivity contribution is 7.91. The molecule has 0 aromatic heterocycles. The molecular weight excluding hydrogens is 246 g/mol. The average molecular weight is 269 g/mol. The van der Waals surface area contributed by atoms with Crippen molar-refractivity contribution in [2.45, 2.75) is 45.1 Å². The summed E-state index contributed by atoms with van der Waals surface area (Å²) in [6.45, 7) is 8.11. The molecule has 1 unspecified atom stereocenters. The topological polar surface area (TPSA) is 60.2 Å². The summed E-state index contributed by atoms with van der Waals surface area (Å²) in [7, 11) is -3.11. The SMILES string of the molecule is Cc1cc(C)c(CS(=O)(=O)C(C)CCN)c(C)c1. The Morgan fingerprint density at radius 1 is 1.17 bits per heavy atom. The normalized spacial score (nSPS) is 13.6. The van der Waals surface area contributed by atoms with E-state index < -0.39 is 9.84 Å². The number of benzene rings is 1. The lowest BCUT2D eigenvalue weighted by Gasteiger charge is -2.15. The molecule has 0 saturated carbocycles. The fraction of sp³-hybridized carbons (Fsp3) is 0.571. The van der Waals surface area contributed by atoms with Crippen LogP contribution in [0.3, 0.4) is 0 Å². The molecule has 3 nitrogen and oxygen atoms in total. The maximum absolute atomic E-state index is 12.2. The predicted octanol–water partition coefficient (Wildman–Crippen LogP) is 2.26. The van der Waals surface area contributed by atoms with Gasteiger partial charge in [-0.15, -0.1) is 0 Å². The number of sulfone groups is 1. The Balaban J connectivity index is 3.05. The van der Waals surface area contributed by atoms with Gasteiger partial charge in [0.05, 0.1) is 11.0 Å². The van der Waals surface area contributed by atoms with E-state index in [1.165, 1.54) is 5.56 Å². The molecule has 0 aliphatic carbocycles. The van der Waals surface area contributed by atoms with Gasteiger partial charge >= 0.3 is 0 Å². The van der Waals surface area contributed by atoms with Gasteiger partial charge in [-0.25, -0.2) is 8.42 Å². The molecule has 0 fully saturated rings. The number of nitrogens with two attached hydrogens (primary N) is 1. The van der Waals surface area contributed by atoms with Crippen molar-refractivity contribution < 1.29 is 8.42 Å². The Labute approximate surface area is 110 Å². The fourth-order valence-electron chi connectivity index (χ4n) is 2.20. The van der Waals surface area contributed by atoms with E-state index in [4.69, 9.17) is 5.73 Å². The van der Waals surface area contributed by atoms with Crippen molar-refractivity contribution in [3.8, 4) is 0 Å². The second-order valence-electron chi connectivity index (χ2n) is 5.07. The van der Waals surface area contributed by atoms with Gasteiger partial charge in [-0.05, 0) is 57.4 Å². The second kappa shape index (κ2) is 5.85. The van der Waals surface area contributed by atoms with Gasteiger partial charge in [-0.2, -0.15) is 0 Å². The zero-order chi connectivity index (χ0) is 13.9. The first kappa shape index (κ1) is 15.2. The molecular formula is C14H23NO2S. The Kier molecular flexibility index (Phi) is 4.93. The lowest BCUT2D eigenvalue weighted by Crippen LogP contribution is -2.23. The van der Waals surface area contributed by atoms with E-state index in [0.29, 0.717) is 13.0 Å². The molecule has 0 heterocycles. The van der Waals surface area contributed by atoms with Gasteiger partial charge in [0, 0.05) is 0 Å². The van der Waals surface area contributed by atoms with Crippen molar-refractivity contribution >= 4 is 9.84 Å². The van der Waals surface area contributed by atoms with Gasteiger partial charge in [0.15, 0.2) is 9.84 Å². The van der Waals surface area contributed by atoms with E-state index in [-0.39, 0.29) is 11.0 Å². The number of rotatable bonds is 5. The zero-order valence-electron chi connectivity index (χ0n) is 11.7. The molecule has 0 aliphatic rings. The molecule has 102 valence electrons. The zero-order valence-corrected chi connectivity index (χ0v) is 12.5. The fourth-order valence-corrected chi connectivity index (χ4v) is 3.83. The predicted molar refractivity (Wildman–Crippen MR) is 76.4 cm³/mol. The van der Waals surface area contributed by atoms with Crippen LogP contribution in [-0.4, -0.2) is 20.2 Å². The average Bonchev–Trinajstić information content (AvgIpc) is 2.23. The molecule has 0 bridgehead atoms. The van der Waals surface area contributed by atoms with Crippen LogP contribution in [0, 0.1) is 20.8 Å². The summed E-state index contributed by atoms with van der Waals surface area (Å²) in [5.41, 5.74) is 9.64. The summed E-state index contributed by atoms with van der Waals surface area (Å²) < 4.78 is 24.4. The largest absolute Gasteiger partial charge is 0.330 e. The van der Waals surface area contributed by atoms with Crippen LogP contribution in [0.2, 0.25) is 0 Å². The number of hydrogen-bond donors (Lipinski definition) is 1. The molecule has 0 amide bonds. The van der Waals surface area contributed by atoms with Crippen molar-refractivity contribution in [1.29, 1.82) is 0 Å². The van der Waals surface area contributed by atoms with Crippen molar-refractivity contribution in [3.05, 3.63) is 34.4 Å². The molecule has 1 aromatic carbocycles. The van der Waals surface area contributed by atoms with E-state index in [2.05, 4.69) is 0 Å². The molecule has 1 atom stereocenters. The van der Waals surface area contributed by atoms with Crippen molar-refractivity contribution in [1.82, 2.24) is 0 Å². The summed E-state index contributed by atoms with van der Waals surface area (Å²) in [6, 6.07) is 4.07. The van der Waals surface area contributed by atoms with Crippen LogP contribution in [0.15, 0.2) is 12.1 Å². The second-order valence-corrected chi connectivity index (χ2v) is 7.49. The summed E-state index contributed by atoms with van der Waals surface area (Å²) in [5.74, 6) is 0.117. The van der Waals surface area contributed by atoms with Gasteiger partial charge < -0.3 is 5.73 Å². The van der Waals surface area contributed by atoms with E-state index in [1.54, 1.807) is 6.92 Å². The van der Waals surface area contributed by atoms with Crippen molar-refractivity contribution in [3.63, 3.8) is 0 Å². The lowest BCUT2D eigenvalue weighted by atomic mass is 10.0. The summed E-state index contributed by atoms with van der Waals surface area (Å²) >= 11 is 0. The third-order valence-electron chi connectivity index (χ3n) is 3.37. The van der Waals surface area contributed by atoms with Crippen molar-refractivity contribution in [2.24, 2.45) is 5.73 Å². The summed E-state index contributed by atoms with van der Waals surface area (Å²) in [6.07, 6.45) is 0.520. The maximum Gasteiger partial charge on any atom is 0.157 e. The van der Waals surface area contributed by atoms with Crippen LogP contribution in [0.5, 0.6) is 0 Å². The molecule has 0 spiro atoms. The van der Waals surface area contributed by atoms with Crippen LogP contribution in [0.1, 0.15) is 35.6 Å². The van der Waals surface area contributed by atoms with E-state index in [9.17, 15) is 8.42 Å². The summed E-state index contributed by atoms with van der Waals surface area (Å²) in [4.78, 5) is 0. The molecule has 1 rings (SSSR count). The van der Waals surface area contributed by atoms with Gasteiger partial charge in [0.25, 0.3) is 0 Å². The van der Waals surface area contributed by atoms with Crippen LogP contribution in [-0.2, 0) is 15.6 Å².